The third kappa shape index (κ3) is 2.50. The summed E-state index contributed by atoms with van der Waals surface area (Å²) in [6.07, 6.45) is 7.13. The summed E-state index contributed by atoms with van der Waals surface area (Å²) in [6.45, 7) is 2.86. The fraction of sp³-hybridized carbons (Fsp3) is 0.583. The van der Waals surface area contributed by atoms with Crippen molar-refractivity contribution in [1.82, 2.24) is 15.2 Å². The van der Waals surface area contributed by atoms with E-state index >= 15 is 0 Å². The number of nitrogens with zero attached hydrogens (tertiary/aromatic N) is 2. The number of allylic oxidation sites excluding steroid dienone is 1. The zero-order valence-electron chi connectivity index (χ0n) is 10.4. The van der Waals surface area contributed by atoms with Crippen LogP contribution in [-0.2, 0) is 18.2 Å². The third-order valence-electron chi connectivity index (χ3n) is 3.00. The predicted molar refractivity (Wildman–Crippen MR) is 65.9 cm³/mol. The highest BCUT2D eigenvalue weighted by molar-refractivity contribution is 5.28. The zero-order valence-corrected chi connectivity index (χ0v) is 10.4. The molecule has 5 heteroatoms. The molecule has 2 rings (SSSR count). The second-order valence-electron chi connectivity index (χ2n) is 4.26. The molecule has 0 aliphatic carbocycles. The largest absolute Gasteiger partial charge is 0.496 e. The summed E-state index contributed by atoms with van der Waals surface area (Å²) >= 11 is 0. The average Bonchev–Trinajstić information content (AvgIpc) is 2.73. The van der Waals surface area contributed by atoms with Crippen LogP contribution in [0.1, 0.15) is 37.1 Å². The molecule has 94 valence electrons. The second kappa shape index (κ2) is 5.33. The molecule has 2 heterocycles. The van der Waals surface area contributed by atoms with Crippen LogP contribution >= 0.6 is 0 Å². The van der Waals surface area contributed by atoms with Crippen LogP contribution in [0.15, 0.2) is 18.0 Å². The van der Waals surface area contributed by atoms with Gasteiger partial charge in [0, 0.05) is 18.8 Å². The minimum Gasteiger partial charge on any atom is -0.496 e. The van der Waals surface area contributed by atoms with Gasteiger partial charge in [0.2, 0.25) is 0 Å². The summed E-state index contributed by atoms with van der Waals surface area (Å²) in [5.41, 5.74) is 4.99. The van der Waals surface area contributed by atoms with Gasteiger partial charge in [0.25, 0.3) is 0 Å². The van der Waals surface area contributed by atoms with Gasteiger partial charge in [-0.2, -0.15) is 5.10 Å². The highest BCUT2D eigenvalue weighted by Crippen LogP contribution is 2.27. The van der Waals surface area contributed by atoms with E-state index in [1.165, 1.54) is 0 Å². The lowest BCUT2D eigenvalue weighted by Crippen LogP contribution is -2.31. The number of ether oxygens (including phenoxy) is 1. The number of nitrogens with one attached hydrogen (secondary N) is 1. The summed E-state index contributed by atoms with van der Waals surface area (Å²) in [7, 11) is 1.92. The maximum atomic E-state index is 5.68. The highest BCUT2D eigenvalue weighted by atomic mass is 16.5. The monoisotopic (exact) mass is 236 g/mol. The Hall–Kier alpha value is -1.33. The average molecular weight is 236 g/mol. The van der Waals surface area contributed by atoms with E-state index in [2.05, 4.69) is 23.5 Å². The van der Waals surface area contributed by atoms with E-state index in [1.807, 2.05) is 17.9 Å². The predicted octanol–water partition coefficient (Wildman–Crippen LogP) is 1.18. The minimum absolute atomic E-state index is 0.0843. The van der Waals surface area contributed by atoms with E-state index in [4.69, 9.17) is 10.6 Å². The molecule has 1 unspecified atom stereocenters. The first kappa shape index (κ1) is 12.1. The number of hydrazine groups is 1. The Morgan fingerprint density at radius 2 is 2.47 bits per heavy atom. The molecule has 1 aromatic heterocycles. The van der Waals surface area contributed by atoms with E-state index in [-0.39, 0.29) is 6.04 Å². The van der Waals surface area contributed by atoms with E-state index in [0.29, 0.717) is 0 Å². The van der Waals surface area contributed by atoms with Crippen LogP contribution in [0.4, 0.5) is 0 Å². The molecule has 0 bridgehead atoms. The van der Waals surface area contributed by atoms with Gasteiger partial charge >= 0.3 is 0 Å². The Morgan fingerprint density at radius 1 is 1.65 bits per heavy atom. The van der Waals surface area contributed by atoms with Crippen LogP contribution in [0, 0.1) is 0 Å². The lowest BCUT2D eigenvalue weighted by Gasteiger charge is -2.23. The van der Waals surface area contributed by atoms with Crippen molar-refractivity contribution in [2.75, 3.05) is 6.61 Å². The fourth-order valence-electron chi connectivity index (χ4n) is 2.17. The molecule has 17 heavy (non-hydrogen) atoms. The van der Waals surface area contributed by atoms with Crippen LogP contribution in [0.5, 0.6) is 0 Å². The number of rotatable bonds is 4. The first-order valence-electron chi connectivity index (χ1n) is 6.07. The van der Waals surface area contributed by atoms with Gasteiger partial charge in [-0.15, -0.1) is 0 Å². The van der Waals surface area contributed by atoms with Crippen LogP contribution in [-0.4, -0.2) is 16.4 Å². The van der Waals surface area contributed by atoms with Crippen LogP contribution < -0.4 is 11.3 Å². The molecule has 5 nitrogen and oxygen atoms in total. The number of hydrogen-bond donors (Lipinski definition) is 2. The summed E-state index contributed by atoms with van der Waals surface area (Å²) in [5, 5.41) is 4.43. The molecule has 1 aliphatic rings. The van der Waals surface area contributed by atoms with Gasteiger partial charge in [-0.05, 0) is 25.3 Å². The van der Waals surface area contributed by atoms with Crippen molar-refractivity contribution < 1.29 is 4.74 Å². The normalized spacial score (nSPS) is 17.5. The van der Waals surface area contributed by atoms with Gasteiger partial charge in [0.15, 0.2) is 0 Å². The molecule has 0 saturated heterocycles. The molecular weight excluding hydrogens is 216 g/mol. The van der Waals surface area contributed by atoms with Gasteiger partial charge < -0.3 is 4.74 Å². The topological polar surface area (TPSA) is 65.1 Å². The summed E-state index contributed by atoms with van der Waals surface area (Å²) in [5.74, 6) is 6.58. The van der Waals surface area contributed by atoms with Crippen LogP contribution in [0.25, 0.3) is 0 Å². The maximum absolute atomic E-state index is 5.68. The molecule has 1 aliphatic heterocycles. The second-order valence-corrected chi connectivity index (χ2v) is 4.26. The van der Waals surface area contributed by atoms with E-state index < -0.39 is 0 Å². The van der Waals surface area contributed by atoms with Crippen molar-refractivity contribution in [2.45, 2.75) is 32.2 Å². The van der Waals surface area contributed by atoms with E-state index in [9.17, 15) is 0 Å². The van der Waals surface area contributed by atoms with Gasteiger partial charge in [-0.1, -0.05) is 6.92 Å². The number of hydrogen-bond acceptors (Lipinski definition) is 4. The van der Waals surface area contributed by atoms with Crippen molar-refractivity contribution in [2.24, 2.45) is 12.9 Å². The molecule has 0 saturated carbocycles. The molecule has 0 amide bonds. The molecule has 0 radical (unpaired) electrons. The van der Waals surface area contributed by atoms with Crippen molar-refractivity contribution in [3.8, 4) is 0 Å². The van der Waals surface area contributed by atoms with E-state index in [0.717, 1.165) is 42.9 Å². The minimum atomic E-state index is -0.0843. The van der Waals surface area contributed by atoms with E-state index in [1.54, 1.807) is 0 Å². The molecule has 1 atom stereocenters. The maximum Gasteiger partial charge on any atom is 0.115 e. The smallest absolute Gasteiger partial charge is 0.115 e. The van der Waals surface area contributed by atoms with Crippen molar-refractivity contribution in [3.05, 3.63) is 29.3 Å². The van der Waals surface area contributed by atoms with Crippen LogP contribution in [0.2, 0.25) is 0 Å². The Morgan fingerprint density at radius 3 is 3.06 bits per heavy atom. The standard InChI is InChI=1S/C12H20N4O/c1-3-10-9(8-16(2)15-10)12(14-13)11-6-4-5-7-17-11/h6,8,12,14H,3-5,7,13H2,1-2H3. The molecule has 0 spiro atoms. The zero-order chi connectivity index (χ0) is 12.3. The Kier molecular flexibility index (Phi) is 3.81. The lowest BCUT2D eigenvalue weighted by molar-refractivity contribution is 0.167. The first-order chi connectivity index (χ1) is 8.26. The molecule has 1 aromatic rings. The number of nitrogens with two attached hydrogens (primary N) is 1. The van der Waals surface area contributed by atoms with Crippen LogP contribution in [0.3, 0.4) is 0 Å². The van der Waals surface area contributed by atoms with Crippen molar-refractivity contribution in [3.63, 3.8) is 0 Å². The molecular formula is C12H20N4O. The lowest BCUT2D eigenvalue weighted by atomic mass is 10.0. The molecule has 0 aromatic carbocycles. The Bertz CT molecular complexity index is 411. The summed E-state index contributed by atoms with van der Waals surface area (Å²) in [6, 6.07) is -0.0843. The highest BCUT2D eigenvalue weighted by Gasteiger charge is 2.23. The SMILES string of the molecule is CCc1nn(C)cc1C(NN)C1=CCCCO1. The number of aryl methyl sites for hydroxylation is 2. The van der Waals surface area contributed by atoms with Crippen molar-refractivity contribution >= 4 is 0 Å². The van der Waals surface area contributed by atoms with Crippen molar-refractivity contribution in [1.29, 1.82) is 0 Å². The Labute approximate surface area is 102 Å². The first-order valence-corrected chi connectivity index (χ1v) is 6.07. The molecule has 0 fully saturated rings. The third-order valence-corrected chi connectivity index (χ3v) is 3.00. The Balaban J connectivity index is 2.30. The quantitative estimate of drug-likeness (QED) is 0.608. The fourth-order valence-corrected chi connectivity index (χ4v) is 2.17. The van der Waals surface area contributed by atoms with Gasteiger partial charge in [0.05, 0.1) is 12.3 Å². The summed E-state index contributed by atoms with van der Waals surface area (Å²) < 4.78 is 7.50. The molecule has 3 N–H and O–H groups in total. The van der Waals surface area contributed by atoms with Gasteiger partial charge in [-0.25, -0.2) is 5.43 Å². The van der Waals surface area contributed by atoms with Gasteiger partial charge in [0.1, 0.15) is 11.8 Å². The number of aromatic nitrogens is 2. The summed E-state index contributed by atoms with van der Waals surface area (Å²) in [4.78, 5) is 0. The van der Waals surface area contributed by atoms with Gasteiger partial charge in [-0.3, -0.25) is 10.5 Å².